The smallest absolute Gasteiger partial charge is 0.276 e. The number of para-hydroxylation sites is 1. The molecule has 11 heteroatoms. The van der Waals surface area contributed by atoms with Crippen molar-refractivity contribution in [2.24, 2.45) is 0 Å². The van der Waals surface area contributed by atoms with E-state index in [1.54, 1.807) is 29.2 Å². The van der Waals surface area contributed by atoms with Crippen LogP contribution < -0.4 is 10.2 Å². The van der Waals surface area contributed by atoms with Gasteiger partial charge in [0.15, 0.2) is 0 Å². The van der Waals surface area contributed by atoms with Gasteiger partial charge in [-0.1, -0.05) is 41.1 Å². The second kappa shape index (κ2) is 9.47. The highest BCUT2D eigenvalue weighted by molar-refractivity contribution is 7.15. The van der Waals surface area contributed by atoms with Crippen molar-refractivity contribution in [1.82, 2.24) is 10.2 Å². The summed E-state index contributed by atoms with van der Waals surface area (Å²) in [4.78, 5) is 37.0. The number of aryl methyl sites for hydroxylation is 1. The first-order valence-electron chi connectivity index (χ1n) is 9.94. The summed E-state index contributed by atoms with van der Waals surface area (Å²) < 4.78 is 0. The van der Waals surface area contributed by atoms with Gasteiger partial charge in [0.25, 0.3) is 5.69 Å². The largest absolute Gasteiger partial charge is 0.312 e. The number of nitrogens with one attached hydrogen (secondary N) is 1. The lowest BCUT2D eigenvalue weighted by molar-refractivity contribution is -0.385. The third-order valence-corrected chi connectivity index (χ3v) is 6.57. The van der Waals surface area contributed by atoms with Gasteiger partial charge in [0.2, 0.25) is 16.9 Å². The fourth-order valence-electron chi connectivity index (χ4n) is 3.43. The summed E-state index contributed by atoms with van der Waals surface area (Å²) in [6, 6.07) is 11.6. The van der Waals surface area contributed by atoms with E-state index >= 15 is 0 Å². The van der Waals surface area contributed by atoms with E-state index in [1.807, 2.05) is 19.1 Å². The second-order valence-electron chi connectivity index (χ2n) is 7.42. The molecule has 2 heterocycles. The van der Waals surface area contributed by atoms with Crippen LogP contribution in [-0.4, -0.2) is 33.5 Å². The van der Waals surface area contributed by atoms with Crippen molar-refractivity contribution in [3.8, 4) is 0 Å². The van der Waals surface area contributed by atoms with E-state index in [9.17, 15) is 19.7 Å². The first-order valence-corrected chi connectivity index (χ1v) is 11.1. The number of nitrogens with zero attached hydrogens (tertiary/aromatic N) is 4. The molecule has 3 aromatic rings. The van der Waals surface area contributed by atoms with Crippen molar-refractivity contribution in [3.63, 3.8) is 0 Å². The van der Waals surface area contributed by atoms with Crippen LogP contribution in [0.25, 0.3) is 6.08 Å². The van der Waals surface area contributed by atoms with Crippen molar-refractivity contribution in [1.29, 1.82) is 0 Å². The van der Waals surface area contributed by atoms with Crippen LogP contribution in [0.15, 0.2) is 48.5 Å². The van der Waals surface area contributed by atoms with Gasteiger partial charge >= 0.3 is 0 Å². The standard InChI is InChI=1S/C22H18ClN5O4S/c1-13-6-8-16(11-17(13)23)27-12-15(10-20(27)30)21-25-26-22(33-21)24-19(29)9-7-14-4-2-3-5-18(14)28(31)32/h2-9,11,15H,10,12H2,1H3,(H,24,26,29)/b9-7+. The van der Waals surface area contributed by atoms with Crippen molar-refractivity contribution >= 4 is 57.3 Å². The zero-order valence-electron chi connectivity index (χ0n) is 17.4. The monoisotopic (exact) mass is 483 g/mol. The third kappa shape index (κ3) is 5.07. The Balaban J connectivity index is 1.41. The number of carbonyl (C=O) groups excluding carboxylic acids is 2. The topological polar surface area (TPSA) is 118 Å². The molecule has 0 aliphatic carbocycles. The highest BCUT2D eigenvalue weighted by Gasteiger charge is 2.34. The molecule has 33 heavy (non-hydrogen) atoms. The molecule has 1 saturated heterocycles. The van der Waals surface area contributed by atoms with Crippen molar-refractivity contribution < 1.29 is 14.5 Å². The molecule has 1 N–H and O–H groups in total. The van der Waals surface area contributed by atoms with Crippen molar-refractivity contribution in [2.45, 2.75) is 19.3 Å². The molecular weight excluding hydrogens is 466 g/mol. The Morgan fingerprint density at radius 3 is 2.85 bits per heavy atom. The van der Waals surface area contributed by atoms with Gasteiger partial charge in [-0.25, -0.2) is 0 Å². The summed E-state index contributed by atoms with van der Waals surface area (Å²) in [6.07, 6.45) is 2.85. The molecule has 0 radical (unpaired) electrons. The van der Waals surface area contributed by atoms with Crippen LogP contribution in [0.4, 0.5) is 16.5 Å². The molecule has 0 spiro atoms. The number of nitro benzene ring substituents is 1. The summed E-state index contributed by atoms with van der Waals surface area (Å²) in [5.41, 5.74) is 1.89. The fraction of sp³-hybridized carbons (Fsp3) is 0.182. The Hall–Kier alpha value is -3.63. The van der Waals surface area contributed by atoms with Gasteiger partial charge in [-0.2, -0.15) is 0 Å². The molecule has 1 aliphatic rings. The number of halogens is 1. The van der Waals surface area contributed by atoms with E-state index in [0.29, 0.717) is 22.1 Å². The second-order valence-corrected chi connectivity index (χ2v) is 8.84. The van der Waals surface area contributed by atoms with Gasteiger partial charge in [-0.05, 0) is 36.8 Å². The third-order valence-electron chi connectivity index (χ3n) is 5.16. The average Bonchev–Trinajstić information content (AvgIpc) is 3.41. The number of anilines is 2. The zero-order valence-corrected chi connectivity index (χ0v) is 19.0. The number of amides is 2. The van der Waals surface area contributed by atoms with Crippen LogP contribution in [-0.2, 0) is 9.59 Å². The highest BCUT2D eigenvalue weighted by Crippen LogP contribution is 2.35. The molecule has 1 unspecified atom stereocenters. The van der Waals surface area contributed by atoms with Crippen LogP contribution in [0.2, 0.25) is 5.02 Å². The maximum absolute atomic E-state index is 12.5. The maximum Gasteiger partial charge on any atom is 0.276 e. The normalized spacial score (nSPS) is 15.9. The lowest BCUT2D eigenvalue weighted by Crippen LogP contribution is -2.24. The van der Waals surface area contributed by atoms with Crippen LogP contribution in [0.3, 0.4) is 0 Å². The summed E-state index contributed by atoms with van der Waals surface area (Å²) in [5, 5.41) is 23.3. The Morgan fingerprint density at radius 1 is 1.30 bits per heavy atom. The van der Waals surface area contributed by atoms with Crippen molar-refractivity contribution in [3.05, 3.63) is 79.8 Å². The molecule has 2 aromatic carbocycles. The van der Waals surface area contributed by atoms with Gasteiger partial charge in [-0.15, -0.1) is 10.2 Å². The van der Waals surface area contributed by atoms with E-state index in [1.165, 1.54) is 29.6 Å². The van der Waals surface area contributed by atoms with E-state index in [4.69, 9.17) is 11.6 Å². The maximum atomic E-state index is 12.5. The fourth-order valence-corrected chi connectivity index (χ4v) is 4.44. The van der Waals surface area contributed by atoms with Gasteiger partial charge in [-0.3, -0.25) is 25.0 Å². The Labute approximate surface area is 197 Å². The number of nitro groups is 1. The number of aromatic nitrogens is 2. The molecule has 1 aromatic heterocycles. The van der Waals surface area contributed by atoms with Gasteiger partial charge in [0.05, 0.1) is 10.5 Å². The van der Waals surface area contributed by atoms with Gasteiger partial charge in [0, 0.05) is 41.7 Å². The zero-order chi connectivity index (χ0) is 23.5. The number of benzene rings is 2. The van der Waals surface area contributed by atoms with E-state index in [0.717, 1.165) is 11.3 Å². The van der Waals surface area contributed by atoms with Crippen LogP contribution in [0.1, 0.15) is 28.5 Å². The lowest BCUT2D eigenvalue weighted by Gasteiger charge is -2.17. The summed E-state index contributed by atoms with van der Waals surface area (Å²) >= 11 is 7.39. The molecule has 0 saturated carbocycles. The summed E-state index contributed by atoms with van der Waals surface area (Å²) in [7, 11) is 0. The average molecular weight is 484 g/mol. The highest BCUT2D eigenvalue weighted by atomic mass is 35.5. The molecule has 1 atom stereocenters. The molecule has 9 nitrogen and oxygen atoms in total. The first kappa shape index (κ1) is 22.6. The van der Waals surface area contributed by atoms with Crippen molar-refractivity contribution in [2.75, 3.05) is 16.8 Å². The molecular formula is C22H18ClN5O4S. The van der Waals surface area contributed by atoms with Gasteiger partial charge in [0.1, 0.15) is 5.01 Å². The van der Waals surface area contributed by atoms with E-state index in [-0.39, 0.29) is 29.1 Å². The minimum absolute atomic E-state index is 0.0342. The number of hydrogen-bond acceptors (Lipinski definition) is 7. The SMILES string of the molecule is Cc1ccc(N2CC(c3nnc(NC(=O)/C=C/c4ccccc4[N+](=O)[O-])s3)CC2=O)cc1Cl. The van der Waals surface area contributed by atoms with Gasteiger partial charge < -0.3 is 4.90 Å². The Kier molecular flexibility index (Phi) is 6.47. The summed E-state index contributed by atoms with van der Waals surface area (Å²) in [5.74, 6) is -0.675. The van der Waals surface area contributed by atoms with E-state index < -0.39 is 10.8 Å². The quantitative estimate of drug-likeness (QED) is 0.311. The first-order chi connectivity index (χ1) is 15.8. The number of hydrogen-bond donors (Lipinski definition) is 1. The molecule has 1 fully saturated rings. The predicted molar refractivity (Wildman–Crippen MR) is 127 cm³/mol. The van der Waals surface area contributed by atoms with Crippen LogP contribution >= 0.6 is 22.9 Å². The molecule has 4 rings (SSSR count). The molecule has 168 valence electrons. The Morgan fingerprint density at radius 2 is 2.09 bits per heavy atom. The molecule has 2 amide bonds. The predicted octanol–water partition coefficient (Wildman–Crippen LogP) is 4.58. The molecule has 0 bridgehead atoms. The minimum atomic E-state index is -0.509. The number of rotatable bonds is 6. The lowest BCUT2D eigenvalue weighted by atomic mass is 10.1. The van der Waals surface area contributed by atoms with Crippen LogP contribution in [0, 0.1) is 17.0 Å². The van der Waals surface area contributed by atoms with E-state index in [2.05, 4.69) is 15.5 Å². The molecule has 1 aliphatic heterocycles. The number of carbonyl (C=O) groups is 2. The minimum Gasteiger partial charge on any atom is -0.312 e. The van der Waals surface area contributed by atoms with Crippen LogP contribution in [0.5, 0.6) is 0 Å². The Bertz CT molecular complexity index is 1280. The summed E-state index contributed by atoms with van der Waals surface area (Å²) in [6.45, 7) is 2.34.